The van der Waals surface area contributed by atoms with Gasteiger partial charge in [-0.05, 0) is 49.7 Å². The minimum Gasteiger partial charge on any atom is -0.462 e. The topological polar surface area (TPSA) is 73.5 Å². The highest BCUT2D eigenvalue weighted by atomic mass is 19.1. The summed E-state index contributed by atoms with van der Waals surface area (Å²) in [5.74, 6) is -0.937. The van der Waals surface area contributed by atoms with E-state index in [1.54, 1.807) is 35.8 Å². The minimum atomic E-state index is -1.07. The van der Waals surface area contributed by atoms with Crippen LogP contribution in [0.25, 0.3) is 11.0 Å². The average Bonchev–Trinajstić information content (AvgIpc) is 2.92. The first-order valence-electron chi connectivity index (χ1n) is 8.80. The van der Waals surface area contributed by atoms with Gasteiger partial charge in [0.15, 0.2) is 0 Å². The van der Waals surface area contributed by atoms with Crippen molar-refractivity contribution in [2.24, 2.45) is 0 Å². The van der Waals surface area contributed by atoms with Crippen LogP contribution in [-0.4, -0.2) is 26.8 Å². The lowest BCUT2D eigenvalue weighted by molar-refractivity contribution is 0.0526. The maximum Gasteiger partial charge on any atom is 0.338 e. The van der Waals surface area contributed by atoms with E-state index in [1.807, 2.05) is 6.92 Å². The van der Waals surface area contributed by atoms with E-state index in [4.69, 9.17) is 4.74 Å². The molecule has 6 nitrogen and oxygen atoms in total. The van der Waals surface area contributed by atoms with Crippen molar-refractivity contribution >= 4 is 17.0 Å². The normalized spacial score (nSPS) is 12.3. The van der Waals surface area contributed by atoms with Crippen molar-refractivity contribution in [2.45, 2.75) is 33.0 Å². The molecule has 1 heterocycles. The van der Waals surface area contributed by atoms with Gasteiger partial charge < -0.3 is 9.84 Å². The van der Waals surface area contributed by atoms with Crippen LogP contribution < -0.4 is 5.69 Å². The second kappa shape index (κ2) is 7.75. The Balaban J connectivity index is 2.07. The molecule has 0 amide bonds. The summed E-state index contributed by atoms with van der Waals surface area (Å²) in [5.41, 5.74) is 1.57. The van der Waals surface area contributed by atoms with Gasteiger partial charge in [-0.15, -0.1) is 0 Å². The molecular formula is C20H21FN2O4. The number of esters is 1. The van der Waals surface area contributed by atoms with Gasteiger partial charge in [-0.3, -0.25) is 9.13 Å². The molecule has 0 fully saturated rings. The summed E-state index contributed by atoms with van der Waals surface area (Å²) in [6, 6.07) is 10.5. The summed E-state index contributed by atoms with van der Waals surface area (Å²) in [6.45, 7) is 4.19. The number of fused-ring (bicyclic) bond motifs is 1. The number of aryl methyl sites for hydroxylation is 1. The lowest BCUT2D eigenvalue weighted by atomic mass is 10.1. The largest absolute Gasteiger partial charge is 0.462 e. The molecule has 0 radical (unpaired) electrons. The first-order valence-corrected chi connectivity index (χ1v) is 8.80. The fourth-order valence-corrected chi connectivity index (χ4v) is 3.14. The summed E-state index contributed by atoms with van der Waals surface area (Å²) in [7, 11) is 0. The third-order valence-electron chi connectivity index (χ3n) is 4.44. The van der Waals surface area contributed by atoms with Crippen LogP contribution in [-0.2, 0) is 17.8 Å². The fourth-order valence-electron chi connectivity index (χ4n) is 3.14. The first kappa shape index (κ1) is 18.8. The molecule has 2 aromatic carbocycles. The minimum absolute atomic E-state index is 0.0575. The van der Waals surface area contributed by atoms with Gasteiger partial charge in [0, 0.05) is 6.54 Å². The second-order valence-electron chi connectivity index (χ2n) is 6.13. The number of hydrogen-bond donors (Lipinski definition) is 1. The van der Waals surface area contributed by atoms with Crippen molar-refractivity contribution in [3.8, 4) is 0 Å². The monoisotopic (exact) mass is 372 g/mol. The fraction of sp³-hybridized carbons (Fsp3) is 0.300. The van der Waals surface area contributed by atoms with Crippen molar-refractivity contribution in [1.29, 1.82) is 0 Å². The van der Waals surface area contributed by atoms with Gasteiger partial charge in [-0.25, -0.2) is 14.0 Å². The van der Waals surface area contributed by atoms with E-state index in [1.165, 1.54) is 22.8 Å². The average molecular weight is 372 g/mol. The van der Waals surface area contributed by atoms with Crippen molar-refractivity contribution in [3.05, 3.63) is 69.9 Å². The second-order valence-corrected chi connectivity index (χ2v) is 6.13. The van der Waals surface area contributed by atoms with Gasteiger partial charge >= 0.3 is 11.7 Å². The summed E-state index contributed by atoms with van der Waals surface area (Å²) >= 11 is 0. The smallest absolute Gasteiger partial charge is 0.338 e. The van der Waals surface area contributed by atoms with E-state index in [0.29, 0.717) is 28.7 Å². The molecule has 0 saturated carbocycles. The molecule has 27 heavy (non-hydrogen) atoms. The van der Waals surface area contributed by atoms with Crippen molar-refractivity contribution in [3.63, 3.8) is 0 Å². The number of hydrogen-bond acceptors (Lipinski definition) is 4. The number of ether oxygens (including phenoxy) is 1. The third kappa shape index (κ3) is 3.64. The van der Waals surface area contributed by atoms with Crippen molar-refractivity contribution in [1.82, 2.24) is 9.13 Å². The highest BCUT2D eigenvalue weighted by Crippen LogP contribution is 2.21. The van der Waals surface area contributed by atoms with E-state index in [-0.39, 0.29) is 18.8 Å². The number of rotatable bonds is 6. The summed E-state index contributed by atoms with van der Waals surface area (Å²) in [4.78, 5) is 24.8. The van der Waals surface area contributed by atoms with Crippen LogP contribution >= 0.6 is 0 Å². The summed E-state index contributed by atoms with van der Waals surface area (Å²) in [5, 5.41) is 10.5. The molecule has 1 atom stereocenters. The van der Waals surface area contributed by atoms with E-state index in [0.717, 1.165) is 0 Å². The molecule has 0 aliphatic heterocycles. The molecule has 0 aliphatic rings. The molecule has 142 valence electrons. The molecule has 1 aromatic heterocycles. The number of carbonyl (C=O) groups excluding carboxylic acids is 1. The Kier molecular flexibility index (Phi) is 5.41. The molecule has 3 rings (SSSR count). The molecule has 0 bridgehead atoms. The Morgan fingerprint density at radius 1 is 1.15 bits per heavy atom. The SMILES string of the molecule is CCOC(=O)c1ccc2c(c1)n(CC(O)c1cccc(F)c1)c(=O)n2CC. The number of aromatic nitrogens is 2. The summed E-state index contributed by atoms with van der Waals surface area (Å²) < 4.78 is 21.4. The Bertz CT molecular complexity index is 1040. The molecule has 1 N–H and O–H groups in total. The number of imidazole rings is 1. The lowest BCUT2D eigenvalue weighted by Crippen LogP contribution is -2.26. The number of carbonyl (C=O) groups is 1. The van der Waals surface area contributed by atoms with Crippen LogP contribution in [0.2, 0.25) is 0 Å². The zero-order chi connectivity index (χ0) is 19.6. The van der Waals surface area contributed by atoms with E-state index in [9.17, 15) is 19.1 Å². The molecule has 3 aromatic rings. The van der Waals surface area contributed by atoms with E-state index < -0.39 is 17.9 Å². The van der Waals surface area contributed by atoms with Gasteiger partial charge in [-0.1, -0.05) is 12.1 Å². The van der Waals surface area contributed by atoms with Gasteiger partial charge in [0.1, 0.15) is 5.82 Å². The first-order chi connectivity index (χ1) is 13.0. The Labute approximate surface area is 155 Å². The van der Waals surface area contributed by atoms with Crippen LogP contribution in [0.15, 0.2) is 47.3 Å². The zero-order valence-corrected chi connectivity index (χ0v) is 15.2. The van der Waals surface area contributed by atoms with Crippen LogP contribution in [0.1, 0.15) is 35.9 Å². The standard InChI is InChI=1S/C20H21FN2O4/c1-3-22-16-9-8-14(19(25)27-4-2)11-17(16)23(20(22)26)12-18(24)13-6-5-7-15(21)10-13/h5-11,18,24H,3-4,12H2,1-2H3. The number of aliphatic hydroxyl groups is 1. The maximum atomic E-state index is 13.4. The number of aliphatic hydroxyl groups excluding tert-OH is 1. The summed E-state index contributed by atoms with van der Waals surface area (Å²) in [6.07, 6.45) is -1.07. The Hall–Kier alpha value is -2.93. The highest BCUT2D eigenvalue weighted by molar-refractivity contribution is 5.93. The van der Waals surface area contributed by atoms with E-state index in [2.05, 4.69) is 0 Å². The lowest BCUT2D eigenvalue weighted by Gasteiger charge is -2.12. The molecule has 1 unspecified atom stereocenters. The molecule has 0 aliphatic carbocycles. The van der Waals surface area contributed by atoms with E-state index >= 15 is 0 Å². The number of nitrogens with zero attached hydrogens (tertiary/aromatic N) is 2. The van der Waals surface area contributed by atoms with Crippen LogP contribution in [0, 0.1) is 5.82 Å². The maximum absolute atomic E-state index is 13.4. The van der Waals surface area contributed by atoms with Gasteiger partial charge in [0.05, 0.1) is 35.9 Å². The molecular weight excluding hydrogens is 351 g/mol. The van der Waals surface area contributed by atoms with Crippen LogP contribution in [0.5, 0.6) is 0 Å². The molecule has 0 saturated heterocycles. The predicted molar refractivity (Wildman–Crippen MR) is 99.2 cm³/mol. The van der Waals surface area contributed by atoms with Gasteiger partial charge in [0.25, 0.3) is 0 Å². The van der Waals surface area contributed by atoms with Crippen LogP contribution in [0.3, 0.4) is 0 Å². The quantitative estimate of drug-likeness (QED) is 0.676. The third-order valence-corrected chi connectivity index (χ3v) is 4.44. The van der Waals surface area contributed by atoms with Gasteiger partial charge in [0.2, 0.25) is 0 Å². The number of benzene rings is 2. The number of halogens is 1. The molecule has 0 spiro atoms. The van der Waals surface area contributed by atoms with Crippen LogP contribution in [0.4, 0.5) is 4.39 Å². The Morgan fingerprint density at radius 2 is 1.93 bits per heavy atom. The molecule has 7 heteroatoms. The predicted octanol–water partition coefficient (Wildman–Crippen LogP) is 2.87. The van der Waals surface area contributed by atoms with Crippen molar-refractivity contribution < 1.29 is 19.0 Å². The highest BCUT2D eigenvalue weighted by Gasteiger charge is 2.18. The zero-order valence-electron chi connectivity index (χ0n) is 15.2. The van der Waals surface area contributed by atoms with Gasteiger partial charge in [-0.2, -0.15) is 0 Å². The van der Waals surface area contributed by atoms with Crippen molar-refractivity contribution in [2.75, 3.05) is 6.61 Å². The Morgan fingerprint density at radius 3 is 2.59 bits per heavy atom.